The van der Waals surface area contributed by atoms with E-state index in [9.17, 15) is 8.42 Å². The first-order chi connectivity index (χ1) is 8.05. The zero-order valence-electron chi connectivity index (χ0n) is 10.9. The summed E-state index contributed by atoms with van der Waals surface area (Å²) in [4.78, 5) is 2.22. The Morgan fingerprint density at radius 3 is 2.41 bits per heavy atom. The summed E-state index contributed by atoms with van der Waals surface area (Å²) in [5, 5.41) is 0. The number of rotatable bonds is 8. The molecule has 1 aliphatic rings. The monoisotopic (exact) mass is 262 g/mol. The molecule has 1 unspecified atom stereocenters. The molecule has 1 aliphatic heterocycles. The second-order valence-electron chi connectivity index (χ2n) is 5.09. The van der Waals surface area contributed by atoms with Gasteiger partial charge in [-0.25, -0.2) is 8.42 Å². The third-order valence-electron chi connectivity index (χ3n) is 3.55. The summed E-state index contributed by atoms with van der Waals surface area (Å²) < 4.78 is 22.7. The third kappa shape index (κ3) is 5.84. The van der Waals surface area contributed by atoms with Crippen molar-refractivity contribution in [2.24, 2.45) is 5.73 Å². The lowest BCUT2D eigenvalue weighted by Gasteiger charge is -2.22. The Labute approximate surface area is 105 Å². The van der Waals surface area contributed by atoms with Gasteiger partial charge in [0.25, 0.3) is 0 Å². The van der Waals surface area contributed by atoms with Crippen LogP contribution in [0.4, 0.5) is 0 Å². The van der Waals surface area contributed by atoms with Crippen LogP contribution in [0.1, 0.15) is 38.5 Å². The first-order valence-electron chi connectivity index (χ1n) is 6.66. The fourth-order valence-corrected chi connectivity index (χ4v) is 4.15. The molecular formula is C12H26N2O2S. The van der Waals surface area contributed by atoms with Crippen molar-refractivity contribution in [1.82, 2.24) is 4.90 Å². The molecule has 0 radical (unpaired) electrons. The summed E-state index contributed by atoms with van der Waals surface area (Å²) in [7, 11) is -0.692. The summed E-state index contributed by atoms with van der Waals surface area (Å²) >= 11 is 0. The van der Waals surface area contributed by atoms with Gasteiger partial charge < -0.3 is 10.6 Å². The van der Waals surface area contributed by atoms with E-state index in [1.807, 2.05) is 7.05 Å². The van der Waals surface area contributed by atoms with Crippen molar-refractivity contribution in [1.29, 1.82) is 0 Å². The number of hydrogen-bond acceptors (Lipinski definition) is 4. The molecule has 0 amide bonds. The number of nitrogens with two attached hydrogens (primary N) is 1. The molecule has 0 spiro atoms. The van der Waals surface area contributed by atoms with Crippen LogP contribution in [0.2, 0.25) is 0 Å². The molecule has 1 saturated heterocycles. The predicted molar refractivity (Wildman–Crippen MR) is 71.8 cm³/mol. The van der Waals surface area contributed by atoms with Gasteiger partial charge in [-0.05, 0) is 39.4 Å². The number of hydrogen-bond donors (Lipinski definition) is 1. The van der Waals surface area contributed by atoms with Crippen LogP contribution in [-0.4, -0.2) is 51.0 Å². The third-order valence-corrected chi connectivity index (χ3v) is 5.30. The summed E-state index contributed by atoms with van der Waals surface area (Å²) in [5.74, 6) is 0.731. The Balaban J connectivity index is 2.07. The van der Waals surface area contributed by atoms with Crippen molar-refractivity contribution in [2.45, 2.75) is 44.6 Å². The second kappa shape index (κ2) is 7.34. The molecule has 102 valence electrons. The van der Waals surface area contributed by atoms with Gasteiger partial charge in [-0.2, -0.15) is 0 Å². The molecule has 0 aromatic rings. The van der Waals surface area contributed by atoms with Crippen LogP contribution in [0.3, 0.4) is 0 Å². The predicted octanol–water partition coefficient (Wildman–Crippen LogP) is 1.01. The number of sulfone groups is 1. The van der Waals surface area contributed by atoms with Gasteiger partial charge in [0.05, 0.1) is 11.5 Å². The van der Waals surface area contributed by atoms with Crippen molar-refractivity contribution in [3.05, 3.63) is 0 Å². The quantitative estimate of drug-likeness (QED) is 0.663. The minimum absolute atomic E-state index is 0.254. The Hall–Kier alpha value is -0.130. The molecule has 0 saturated carbocycles. The van der Waals surface area contributed by atoms with E-state index < -0.39 is 9.84 Å². The lowest BCUT2D eigenvalue weighted by Crippen LogP contribution is -2.33. The van der Waals surface area contributed by atoms with Crippen LogP contribution in [0.5, 0.6) is 0 Å². The van der Waals surface area contributed by atoms with Crippen LogP contribution < -0.4 is 5.73 Å². The maximum Gasteiger partial charge on any atom is 0.151 e. The minimum atomic E-state index is -2.74. The lowest BCUT2D eigenvalue weighted by atomic mass is 10.1. The van der Waals surface area contributed by atoms with Gasteiger partial charge in [0.1, 0.15) is 0 Å². The maximum absolute atomic E-state index is 11.4. The normalized spacial score (nSPS) is 23.4. The zero-order chi connectivity index (χ0) is 12.7. The van der Waals surface area contributed by atoms with E-state index in [2.05, 4.69) is 4.90 Å². The highest BCUT2D eigenvalue weighted by molar-refractivity contribution is 7.91. The van der Waals surface area contributed by atoms with E-state index >= 15 is 0 Å². The van der Waals surface area contributed by atoms with Gasteiger partial charge in [-0.3, -0.25) is 0 Å². The highest BCUT2D eigenvalue weighted by atomic mass is 32.2. The van der Waals surface area contributed by atoms with Gasteiger partial charge in [-0.15, -0.1) is 0 Å². The van der Waals surface area contributed by atoms with E-state index in [1.54, 1.807) is 0 Å². The van der Waals surface area contributed by atoms with Crippen molar-refractivity contribution < 1.29 is 8.42 Å². The van der Waals surface area contributed by atoms with E-state index in [-0.39, 0.29) is 6.04 Å². The first kappa shape index (κ1) is 14.9. The summed E-state index contributed by atoms with van der Waals surface area (Å²) in [6.07, 6.45) is 6.79. The van der Waals surface area contributed by atoms with Gasteiger partial charge in [0.15, 0.2) is 9.84 Å². The Morgan fingerprint density at radius 1 is 1.18 bits per heavy atom. The summed E-state index contributed by atoms with van der Waals surface area (Å²) in [5.41, 5.74) is 5.43. The van der Waals surface area contributed by atoms with Gasteiger partial charge in [-0.1, -0.05) is 19.3 Å². The lowest BCUT2D eigenvalue weighted by molar-refractivity contribution is 0.256. The minimum Gasteiger partial charge on any atom is -0.330 e. The average molecular weight is 262 g/mol. The van der Waals surface area contributed by atoms with Gasteiger partial charge >= 0.3 is 0 Å². The molecule has 1 fully saturated rings. The van der Waals surface area contributed by atoms with Gasteiger partial charge in [0.2, 0.25) is 0 Å². The van der Waals surface area contributed by atoms with Crippen molar-refractivity contribution >= 4 is 9.84 Å². The molecular weight excluding hydrogens is 236 g/mol. The first-order valence-corrected chi connectivity index (χ1v) is 8.48. The SMILES string of the molecule is CN(CCCCCCCN)C1CCS(=O)(=O)C1. The topological polar surface area (TPSA) is 63.4 Å². The Morgan fingerprint density at radius 2 is 1.82 bits per heavy atom. The fraction of sp³-hybridized carbons (Fsp3) is 1.00. The standard InChI is InChI=1S/C12H26N2O2S/c1-14(9-6-4-2-3-5-8-13)12-7-10-17(15,16)11-12/h12H,2-11,13H2,1H3. The van der Waals surface area contributed by atoms with Crippen LogP contribution in [0.15, 0.2) is 0 Å². The molecule has 4 nitrogen and oxygen atoms in total. The van der Waals surface area contributed by atoms with Crippen LogP contribution in [0, 0.1) is 0 Å². The molecule has 1 heterocycles. The number of unbranched alkanes of at least 4 members (excludes halogenated alkanes) is 4. The van der Waals surface area contributed by atoms with Crippen molar-refractivity contribution in [3.8, 4) is 0 Å². The zero-order valence-corrected chi connectivity index (χ0v) is 11.7. The Kier molecular flexibility index (Phi) is 6.44. The summed E-state index contributed by atoms with van der Waals surface area (Å²) in [6, 6.07) is 0.254. The van der Waals surface area contributed by atoms with Crippen LogP contribution in [-0.2, 0) is 9.84 Å². The second-order valence-corrected chi connectivity index (χ2v) is 7.32. The van der Waals surface area contributed by atoms with E-state index in [4.69, 9.17) is 5.73 Å². The molecule has 17 heavy (non-hydrogen) atoms. The molecule has 1 atom stereocenters. The van der Waals surface area contributed by atoms with Crippen molar-refractivity contribution in [2.75, 3.05) is 31.6 Å². The van der Waals surface area contributed by atoms with E-state index in [0.29, 0.717) is 11.5 Å². The highest BCUT2D eigenvalue weighted by Crippen LogP contribution is 2.17. The van der Waals surface area contributed by atoms with E-state index in [1.165, 1.54) is 19.3 Å². The maximum atomic E-state index is 11.4. The van der Waals surface area contributed by atoms with Crippen LogP contribution >= 0.6 is 0 Å². The highest BCUT2D eigenvalue weighted by Gasteiger charge is 2.30. The van der Waals surface area contributed by atoms with E-state index in [0.717, 1.165) is 32.4 Å². The smallest absolute Gasteiger partial charge is 0.151 e. The van der Waals surface area contributed by atoms with Crippen LogP contribution in [0.25, 0.3) is 0 Å². The van der Waals surface area contributed by atoms with Gasteiger partial charge in [0, 0.05) is 6.04 Å². The molecule has 0 bridgehead atoms. The number of nitrogens with zero attached hydrogens (tertiary/aromatic N) is 1. The molecule has 2 N–H and O–H groups in total. The molecule has 1 rings (SSSR count). The fourth-order valence-electron chi connectivity index (χ4n) is 2.34. The molecule has 5 heteroatoms. The average Bonchev–Trinajstić information content (AvgIpc) is 2.64. The molecule has 0 aromatic heterocycles. The Bertz CT molecular complexity index is 304. The summed E-state index contributed by atoms with van der Waals surface area (Å²) in [6.45, 7) is 1.81. The molecule has 0 aromatic carbocycles. The largest absolute Gasteiger partial charge is 0.330 e. The molecule has 0 aliphatic carbocycles. The van der Waals surface area contributed by atoms with Crippen molar-refractivity contribution in [3.63, 3.8) is 0 Å².